The maximum absolute atomic E-state index is 12.8. The van der Waals surface area contributed by atoms with Crippen molar-refractivity contribution in [2.24, 2.45) is 0 Å². The summed E-state index contributed by atoms with van der Waals surface area (Å²) in [5.41, 5.74) is 0.541. The van der Waals surface area contributed by atoms with Gasteiger partial charge in [0, 0.05) is 31.3 Å². The predicted octanol–water partition coefficient (Wildman–Crippen LogP) is 1.74. The molecule has 2 fully saturated rings. The molecule has 31 heavy (non-hydrogen) atoms. The lowest BCUT2D eigenvalue weighted by Crippen LogP contribution is -2.53. The van der Waals surface area contributed by atoms with E-state index in [1.807, 2.05) is 0 Å². The van der Waals surface area contributed by atoms with Gasteiger partial charge in [-0.15, -0.1) is 0 Å². The molecule has 0 unspecified atom stereocenters. The Morgan fingerprint density at radius 1 is 1.26 bits per heavy atom. The summed E-state index contributed by atoms with van der Waals surface area (Å²) in [6, 6.07) is 4.88. The average molecular weight is 433 g/mol. The molecule has 3 amide bonds. The summed E-state index contributed by atoms with van der Waals surface area (Å²) in [4.78, 5) is 41.9. The highest BCUT2D eigenvalue weighted by Crippen LogP contribution is 2.40. The molecule has 2 atom stereocenters. The number of ether oxygens (including phenoxy) is 3. The van der Waals surface area contributed by atoms with Gasteiger partial charge in [0.15, 0.2) is 0 Å². The molecule has 1 aromatic carbocycles. The molecule has 168 valence electrons. The highest BCUT2D eigenvalue weighted by atomic mass is 16.6. The number of hydrogen-bond acceptors (Lipinski definition) is 7. The summed E-state index contributed by atoms with van der Waals surface area (Å²) in [5, 5.41) is 9.50. The zero-order chi connectivity index (χ0) is 22.3. The van der Waals surface area contributed by atoms with Crippen LogP contribution in [0.3, 0.4) is 0 Å². The molecular weight excluding hydrogens is 406 g/mol. The molecule has 3 heterocycles. The standard InChI is InChI=1S/C21H27N3O7/c1-21(2,3)31-19(27)22-7-8-23(18(26)11-22)13-4-5-14-16(10-13)29-9-6-15-17(12-25)30-20(28)24(14)15/h4-5,10,15,17,25H,6-9,11-12H2,1-3H3/t15-,17-/m0/s1. The van der Waals surface area contributed by atoms with E-state index in [-0.39, 0.29) is 25.1 Å². The zero-order valence-electron chi connectivity index (χ0n) is 17.9. The van der Waals surface area contributed by atoms with E-state index >= 15 is 0 Å². The van der Waals surface area contributed by atoms with Crippen molar-refractivity contribution in [1.82, 2.24) is 4.90 Å². The molecular formula is C21H27N3O7. The maximum atomic E-state index is 12.8. The third-order valence-corrected chi connectivity index (χ3v) is 5.45. The number of anilines is 2. The van der Waals surface area contributed by atoms with E-state index in [2.05, 4.69) is 0 Å². The number of fused-ring (bicyclic) bond motifs is 3. The summed E-state index contributed by atoms with van der Waals surface area (Å²) in [7, 11) is 0. The van der Waals surface area contributed by atoms with Gasteiger partial charge in [-0.3, -0.25) is 14.6 Å². The van der Waals surface area contributed by atoms with Crippen molar-refractivity contribution in [1.29, 1.82) is 0 Å². The average Bonchev–Trinajstić information content (AvgIpc) is 2.89. The number of nitrogens with zero attached hydrogens (tertiary/aromatic N) is 3. The Hall–Kier alpha value is -3.01. The Morgan fingerprint density at radius 2 is 2.03 bits per heavy atom. The van der Waals surface area contributed by atoms with Gasteiger partial charge in [0.25, 0.3) is 0 Å². The largest absolute Gasteiger partial charge is 0.491 e. The maximum Gasteiger partial charge on any atom is 0.415 e. The first-order valence-electron chi connectivity index (χ1n) is 10.3. The van der Waals surface area contributed by atoms with Crippen molar-refractivity contribution in [3.8, 4) is 5.75 Å². The van der Waals surface area contributed by atoms with Crippen molar-refractivity contribution in [2.45, 2.75) is 44.9 Å². The van der Waals surface area contributed by atoms with Crippen molar-refractivity contribution >= 4 is 29.5 Å². The third-order valence-electron chi connectivity index (χ3n) is 5.45. The Morgan fingerprint density at radius 3 is 2.71 bits per heavy atom. The molecule has 10 nitrogen and oxygen atoms in total. The van der Waals surface area contributed by atoms with Gasteiger partial charge in [0.2, 0.25) is 5.91 Å². The number of aliphatic hydroxyl groups excluding tert-OH is 1. The van der Waals surface area contributed by atoms with Gasteiger partial charge in [-0.25, -0.2) is 9.59 Å². The number of carbonyl (C=O) groups excluding carboxylic acids is 3. The SMILES string of the molecule is CC(C)(C)OC(=O)N1CCN(c2ccc3c(c2)OCC[C@H]2[C@H](CO)OC(=O)N32)C(=O)C1. The van der Waals surface area contributed by atoms with E-state index in [0.717, 1.165) is 0 Å². The zero-order valence-corrected chi connectivity index (χ0v) is 17.9. The number of rotatable bonds is 2. The van der Waals surface area contributed by atoms with Crippen LogP contribution in [-0.4, -0.2) is 78.7 Å². The normalized spacial score (nSPS) is 23.5. The molecule has 0 radical (unpaired) electrons. The minimum Gasteiger partial charge on any atom is -0.491 e. The first-order chi connectivity index (χ1) is 14.7. The van der Waals surface area contributed by atoms with E-state index in [4.69, 9.17) is 14.2 Å². The molecule has 3 aliphatic heterocycles. The molecule has 0 spiro atoms. The van der Waals surface area contributed by atoms with Crippen molar-refractivity contribution in [3.05, 3.63) is 18.2 Å². The summed E-state index contributed by atoms with van der Waals surface area (Å²) < 4.78 is 16.5. The summed E-state index contributed by atoms with van der Waals surface area (Å²) in [6.45, 7) is 6.02. The van der Waals surface area contributed by atoms with Crippen molar-refractivity contribution in [3.63, 3.8) is 0 Å². The van der Waals surface area contributed by atoms with Crippen LogP contribution in [0.2, 0.25) is 0 Å². The molecule has 1 N–H and O–H groups in total. The van der Waals surface area contributed by atoms with Crippen LogP contribution in [0.5, 0.6) is 5.75 Å². The van der Waals surface area contributed by atoms with Crippen molar-refractivity contribution in [2.75, 3.05) is 42.6 Å². The van der Waals surface area contributed by atoms with E-state index in [1.54, 1.807) is 43.9 Å². The van der Waals surface area contributed by atoms with Crippen LogP contribution in [0.25, 0.3) is 0 Å². The monoisotopic (exact) mass is 433 g/mol. The summed E-state index contributed by atoms with van der Waals surface area (Å²) in [6.07, 6.45) is -1.10. The molecule has 0 bridgehead atoms. The molecule has 3 aliphatic rings. The van der Waals surface area contributed by atoms with Gasteiger partial charge >= 0.3 is 12.2 Å². The van der Waals surface area contributed by atoms with E-state index in [9.17, 15) is 19.5 Å². The number of aliphatic hydroxyl groups is 1. The number of carbonyl (C=O) groups is 3. The van der Waals surface area contributed by atoms with Gasteiger partial charge in [0.1, 0.15) is 24.0 Å². The minimum atomic E-state index is -0.630. The fourth-order valence-electron chi connectivity index (χ4n) is 4.02. The number of benzene rings is 1. The topological polar surface area (TPSA) is 109 Å². The van der Waals surface area contributed by atoms with Gasteiger partial charge in [-0.05, 0) is 32.9 Å². The highest BCUT2D eigenvalue weighted by Gasteiger charge is 2.44. The minimum absolute atomic E-state index is 0.0778. The number of hydrogen-bond donors (Lipinski definition) is 1. The lowest BCUT2D eigenvalue weighted by Gasteiger charge is -2.35. The third kappa shape index (κ3) is 4.12. The Bertz CT molecular complexity index is 897. The van der Waals surface area contributed by atoms with E-state index in [1.165, 1.54) is 9.80 Å². The van der Waals surface area contributed by atoms with Crippen LogP contribution in [0, 0.1) is 0 Å². The molecule has 10 heteroatoms. The summed E-state index contributed by atoms with van der Waals surface area (Å²) in [5.74, 6) is 0.238. The first-order valence-corrected chi connectivity index (χ1v) is 10.3. The molecule has 2 saturated heterocycles. The first kappa shape index (κ1) is 21.2. The van der Waals surface area contributed by atoms with Gasteiger partial charge < -0.3 is 24.2 Å². The van der Waals surface area contributed by atoms with E-state index < -0.39 is 23.9 Å². The van der Waals surface area contributed by atoms with Gasteiger partial charge in [-0.2, -0.15) is 0 Å². The number of amides is 3. The highest BCUT2D eigenvalue weighted by molar-refractivity contribution is 5.99. The second-order valence-corrected chi connectivity index (χ2v) is 8.78. The fourth-order valence-corrected chi connectivity index (χ4v) is 4.02. The molecule has 4 rings (SSSR count). The lowest BCUT2D eigenvalue weighted by atomic mass is 10.1. The van der Waals surface area contributed by atoms with Crippen LogP contribution < -0.4 is 14.5 Å². The van der Waals surface area contributed by atoms with Crippen LogP contribution in [-0.2, 0) is 14.3 Å². The van der Waals surface area contributed by atoms with Crippen LogP contribution in [0.15, 0.2) is 18.2 Å². The molecule has 0 saturated carbocycles. The number of cyclic esters (lactones) is 1. The Labute approximate surface area is 180 Å². The Kier molecular flexibility index (Phi) is 5.42. The smallest absolute Gasteiger partial charge is 0.415 e. The molecule has 0 aromatic heterocycles. The Balaban J connectivity index is 1.51. The van der Waals surface area contributed by atoms with Crippen LogP contribution in [0.4, 0.5) is 21.0 Å². The second-order valence-electron chi connectivity index (χ2n) is 8.78. The second kappa shape index (κ2) is 7.92. The molecule has 1 aromatic rings. The number of piperazine rings is 1. The van der Waals surface area contributed by atoms with Crippen LogP contribution in [0.1, 0.15) is 27.2 Å². The van der Waals surface area contributed by atoms with Gasteiger partial charge in [0.05, 0.1) is 24.9 Å². The van der Waals surface area contributed by atoms with E-state index in [0.29, 0.717) is 43.2 Å². The predicted molar refractivity (Wildman–Crippen MR) is 110 cm³/mol. The fraction of sp³-hybridized carbons (Fsp3) is 0.571. The van der Waals surface area contributed by atoms with Gasteiger partial charge in [-0.1, -0.05) is 0 Å². The molecule has 0 aliphatic carbocycles. The van der Waals surface area contributed by atoms with Crippen molar-refractivity contribution < 1.29 is 33.7 Å². The quantitative estimate of drug-likeness (QED) is 0.757. The van der Waals surface area contributed by atoms with Crippen LogP contribution >= 0.6 is 0 Å². The summed E-state index contributed by atoms with van der Waals surface area (Å²) >= 11 is 0. The lowest BCUT2D eigenvalue weighted by molar-refractivity contribution is -0.121.